The first kappa shape index (κ1) is 12.6. The van der Waals surface area contributed by atoms with Gasteiger partial charge < -0.3 is 5.32 Å². The highest BCUT2D eigenvalue weighted by molar-refractivity contribution is 9.10. The standard InChI is InChI=1S/C11H11BrFN3S/c1-14-10(11-6-17-16-15-11)4-7-2-3-8(12)5-9(7)13/h2-3,5-6,10,14H,4H2,1H3. The van der Waals surface area contributed by atoms with Gasteiger partial charge in [0.05, 0.1) is 11.7 Å². The van der Waals surface area contributed by atoms with Gasteiger partial charge in [0, 0.05) is 9.85 Å². The number of halogens is 2. The lowest BCUT2D eigenvalue weighted by molar-refractivity contribution is 0.543. The van der Waals surface area contributed by atoms with Gasteiger partial charge in [0.2, 0.25) is 0 Å². The summed E-state index contributed by atoms with van der Waals surface area (Å²) in [5.74, 6) is -0.206. The molecule has 0 saturated heterocycles. The lowest BCUT2D eigenvalue weighted by atomic mass is 10.0. The molecule has 1 heterocycles. The number of hydrogen-bond donors (Lipinski definition) is 1. The lowest BCUT2D eigenvalue weighted by Crippen LogP contribution is -2.19. The van der Waals surface area contributed by atoms with E-state index in [1.165, 1.54) is 17.6 Å². The zero-order valence-electron chi connectivity index (χ0n) is 9.15. The molecule has 2 aromatic rings. The maximum atomic E-state index is 13.7. The molecular weight excluding hydrogens is 305 g/mol. The van der Waals surface area contributed by atoms with Crippen molar-refractivity contribution in [3.63, 3.8) is 0 Å². The summed E-state index contributed by atoms with van der Waals surface area (Å²) in [4.78, 5) is 0. The minimum absolute atomic E-state index is 0.00979. The summed E-state index contributed by atoms with van der Waals surface area (Å²) in [6, 6.07) is 5.08. The number of rotatable bonds is 4. The number of hydrogen-bond acceptors (Lipinski definition) is 4. The lowest BCUT2D eigenvalue weighted by Gasteiger charge is -2.13. The molecular formula is C11H11BrFN3S. The van der Waals surface area contributed by atoms with Crippen LogP contribution >= 0.6 is 27.5 Å². The number of nitrogens with one attached hydrogen (secondary N) is 1. The zero-order valence-corrected chi connectivity index (χ0v) is 11.6. The van der Waals surface area contributed by atoms with Crippen molar-refractivity contribution in [3.8, 4) is 0 Å². The number of aromatic nitrogens is 2. The van der Waals surface area contributed by atoms with Gasteiger partial charge in [-0.25, -0.2) is 4.39 Å². The minimum Gasteiger partial charge on any atom is -0.311 e. The molecule has 0 saturated carbocycles. The van der Waals surface area contributed by atoms with E-state index in [9.17, 15) is 4.39 Å². The summed E-state index contributed by atoms with van der Waals surface area (Å²) >= 11 is 4.54. The highest BCUT2D eigenvalue weighted by Gasteiger charge is 2.15. The van der Waals surface area contributed by atoms with Gasteiger partial charge in [-0.15, -0.1) is 5.10 Å². The van der Waals surface area contributed by atoms with Crippen LogP contribution in [-0.4, -0.2) is 16.6 Å². The molecule has 0 bridgehead atoms. The smallest absolute Gasteiger partial charge is 0.127 e. The molecule has 0 aliphatic heterocycles. The molecule has 1 unspecified atom stereocenters. The maximum Gasteiger partial charge on any atom is 0.127 e. The second kappa shape index (κ2) is 5.66. The quantitative estimate of drug-likeness (QED) is 0.942. The van der Waals surface area contributed by atoms with Crippen LogP contribution in [0.4, 0.5) is 4.39 Å². The maximum absolute atomic E-state index is 13.7. The summed E-state index contributed by atoms with van der Waals surface area (Å²) in [6.45, 7) is 0. The number of nitrogens with zero attached hydrogens (tertiary/aromatic N) is 2. The van der Waals surface area contributed by atoms with Crippen molar-refractivity contribution in [2.45, 2.75) is 12.5 Å². The Morgan fingerprint density at radius 1 is 1.53 bits per heavy atom. The molecule has 2 rings (SSSR count). The number of benzene rings is 1. The molecule has 6 heteroatoms. The largest absolute Gasteiger partial charge is 0.311 e. The van der Waals surface area contributed by atoms with Gasteiger partial charge in [0.25, 0.3) is 0 Å². The Morgan fingerprint density at radius 2 is 2.35 bits per heavy atom. The van der Waals surface area contributed by atoms with Crippen LogP contribution in [0.15, 0.2) is 28.1 Å². The fraction of sp³-hybridized carbons (Fsp3) is 0.273. The Balaban J connectivity index is 2.19. The first-order valence-electron chi connectivity index (χ1n) is 5.09. The molecule has 0 spiro atoms. The topological polar surface area (TPSA) is 37.8 Å². The van der Waals surface area contributed by atoms with E-state index in [1.807, 2.05) is 18.5 Å². The van der Waals surface area contributed by atoms with Gasteiger partial charge in [-0.05, 0) is 42.7 Å². The van der Waals surface area contributed by atoms with E-state index in [-0.39, 0.29) is 11.9 Å². The monoisotopic (exact) mass is 315 g/mol. The summed E-state index contributed by atoms with van der Waals surface area (Å²) in [6.07, 6.45) is 0.557. The SMILES string of the molecule is CNC(Cc1ccc(Br)cc1F)c1csnn1. The second-order valence-corrected chi connectivity index (χ2v) is 5.14. The predicted octanol–water partition coefficient (Wildman–Crippen LogP) is 2.94. The molecule has 1 aromatic carbocycles. The average Bonchev–Trinajstić information content (AvgIpc) is 2.81. The summed E-state index contributed by atoms with van der Waals surface area (Å²) in [5, 5.41) is 9.00. The Morgan fingerprint density at radius 3 is 2.94 bits per heavy atom. The molecule has 17 heavy (non-hydrogen) atoms. The molecule has 0 amide bonds. The minimum atomic E-state index is -0.206. The van der Waals surface area contributed by atoms with Crippen LogP contribution < -0.4 is 5.32 Å². The van der Waals surface area contributed by atoms with E-state index in [0.29, 0.717) is 12.0 Å². The molecule has 3 nitrogen and oxygen atoms in total. The Labute approximate surface area is 111 Å². The van der Waals surface area contributed by atoms with Gasteiger partial charge in [-0.1, -0.05) is 26.5 Å². The Hall–Kier alpha value is -0.850. The van der Waals surface area contributed by atoms with E-state index < -0.39 is 0 Å². The van der Waals surface area contributed by atoms with Gasteiger partial charge in [0.15, 0.2) is 0 Å². The summed E-state index contributed by atoms with van der Waals surface area (Å²) < 4.78 is 18.3. The van der Waals surface area contributed by atoms with E-state index in [4.69, 9.17) is 0 Å². The fourth-order valence-electron chi connectivity index (χ4n) is 1.59. The predicted molar refractivity (Wildman–Crippen MR) is 69.5 cm³/mol. The van der Waals surface area contributed by atoms with E-state index >= 15 is 0 Å². The van der Waals surface area contributed by atoms with Crippen molar-refractivity contribution in [1.82, 2.24) is 14.9 Å². The third-order valence-corrected chi connectivity index (χ3v) is 3.54. The van der Waals surface area contributed by atoms with Crippen LogP contribution in [0.25, 0.3) is 0 Å². The van der Waals surface area contributed by atoms with E-state index in [2.05, 4.69) is 30.8 Å². The van der Waals surface area contributed by atoms with Gasteiger partial charge in [-0.2, -0.15) is 0 Å². The highest BCUT2D eigenvalue weighted by atomic mass is 79.9. The molecule has 0 fully saturated rings. The third kappa shape index (κ3) is 3.08. The van der Waals surface area contributed by atoms with Crippen molar-refractivity contribution in [1.29, 1.82) is 0 Å². The van der Waals surface area contributed by atoms with Crippen molar-refractivity contribution in [2.24, 2.45) is 0 Å². The molecule has 1 atom stereocenters. The highest BCUT2D eigenvalue weighted by Crippen LogP contribution is 2.21. The molecule has 0 radical (unpaired) electrons. The Bertz CT molecular complexity index is 489. The van der Waals surface area contributed by atoms with Gasteiger partial charge >= 0.3 is 0 Å². The first-order valence-corrected chi connectivity index (χ1v) is 6.72. The molecule has 90 valence electrons. The second-order valence-electron chi connectivity index (χ2n) is 3.61. The molecule has 1 N–H and O–H groups in total. The summed E-state index contributed by atoms with van der Waals surface area (Å²) in [7, 11) is 1.83. The normalized spacial score (nSPS) is 12.6. The van der Waals surface area contributed by atoms with E-state index in [0.717, 1.165) is 10.2 Å². The average molecular weight is 316 g/mol. The van der Waals surface area contributed by atoms with Crippen LogP contribution in [0.3, 0.4) is 0 Å². The van der Waals surface area contributed by atoms with Crippen molar-refractivity contribution < 1.29 is 4.39 Å². The van der Waals surface area contributed by atoms with Crippen LogP contribution in [0.2, 0.25) is 0 Å². The van der Waals surface area contributed by atoms with Gasteiger partial charge in [-0.3, -0.25) is 0 Å². The number of likely N-dealkylation sites (N-methyl/N-ethyl adjacent to an activating group) is 1. The fourth-order valence-corrected chi connectivity index (χ4v) is 2.43. The Kier molecular flexibility index (Phi) is 4.20. The zero-order chi connectivity index (χ0) is 12.3. The van der Waals surface area contributed by atoms with Gasteiger partial charge in [0.1, 0.15) is 5.82 Å². The van der Waals surface area contributed by atoms with Crippen molar-refractivity contribution in [2.75, 3.05) is 7.05 Å². The molecule has 0 aliphatic rings. The van der Waals surface area contributed by atoms with Crippen molar-refractivity contribution in [3.05, 3.63) is 45.1 Å². The van der Waals surface area contributed by atoms with Crippen molar-refractivity contribution >= 4 is 27.5 Å². The summed E-state index contributed by atoms with van der Waals surface area (Å²) in [5.41, 5.74) is 1.51. The molecule has 0 aliphatic carbocycles. The first-order chi connectivity index (χ1) is 8.20. The van der Waals surface area contributed by atoms with Crippen LogP contribution in [0.1, 0.15) is 17.3 Å². The van der Waals surface area contributed by atoms with Crippen LogP contribution in [0.5, 0.6) is 0 Å². The third-order valence-electron chi connectivity index (χ3n) is 2.52. The van der Waals surface area contributed by atoms with Crippen LogP contribution in [0, 0.1) is 5.82 Å². The van der Waals surface area contributed by atoms with Crippen LogP contribution in [-0.2, 0) is 6.42 Å². The molecule has 1 aromatic heterocycles. The van der Waals surface area contributed by atoms with E-state index in [1.54, 1.807) is 6.07 Å².